The predicted molar refractivity (Wildman–Crippen MR) is 137 cm³/mol. The summed E-state index contributed by atoms with van der Waals surface area (Å²) < 4.78 is 18.1. The van der Waals surface area contributed by atoms with Crippen molar-refractivity contribution in [3.8, 4) is 11.5 Å². The number of carbonyl (C=O) groups excluding carboxylic acids is 1. The second-order valence-corrected chi connectivity index (χ2v) is 8.69. The fraction of sp³-hybridized carbons (Fsp3) is 0.194. The highest BCUT2D eigenvalue weighted by molar-refractivity contribution is 5.90. The number of rotatable bonds is 10. The zero-order chi connectivity index (χ0) is 24.5. The van der Waals surface area contributed by atoms with Crippen LogP contribution in [0.25, 0.3) is 0 Å². The zero-order valence-corrected chi connectivity index (χ0v) is 20.1. The van der Waals surface area contributed by atoms with Gasteiger partial charge >= 0.3 is 5.97 Å². The fourth-order valence-corrected chi connectivity index (χ4v) is 3.75. The van der Waals surface area contributed by atoms with Crippen molar-refractivity contribution in [2.45, 2.75) is 33.2 Å². The second kappa shape index (κ2) is 11.9. The summed E-state index contributed by atoms with van der Waals surface area (Å²) in [6.07, 6.45) is -0.341. The average Bonchev–Trinajstić information content (AvgIpc) is 2.91. The minimum absolute atomic E-state index is 0.128. The van der Waals surface area contributed by atoms with E-state index in [0.29, 0.717) is 30.3 Å². The Balaban J connectivity index is 1.55. The van der Waals surface area contributed by atoms with E-state index in [0.717, 1.165) is 16.7 Å². The van der Waals surface area contributed by atoms with E-state index < -0.39 is 5.97 Å². The molecule has 178 valence electrons. The number of benzene rings is 4. The van der Waals surface area contributed by atoms with Crippen molar-refractivity contribution in [2.75, 3.05) is 0 Å². The van der Waals surface area contributed by atoms with Crippen LogP contribution in [0.1, 0.15) is 47.0 Å². The molecule has 0 aromatic heterocycles. The molecule has 0 N–H and O–H groups in total. The van der Waals surface area contributed by atoms with Gasteiger partial charge in [-0.05, 0) is 40.8 Å². The van der Waals surface area contributed by atoms with Crippen LogP contribution in [0.5, 0.6) is 11.5 Å². The molecular weight excluding hydrogens is 436 g/mol. The second-order valence-electron chi connectivity index (χ2n) is 8.69. The third kappa shape index (κ3) is 6.73. The van der Waals surface area contributed by atoms with Gasteiger partial charge in [0, 0.05) is 0 Å². The first-order chi connectivity index (χ1) is 17.1. The summed E-state index contributed by atoms with van der Waals surface area (Å²) >= 11 is 0. The predicted octanol–water partition coefficient (Wildman–Crippen LogP) is 7.40. The van der Waals surface area contributed by atoms with Crippen LogP contribution in [-0.4, -0.2) is 5.97 Å². The van der Waals surface area contributed by atoms with Gasteiger partial charge in [0.05, 0.1) is 5.56 Å². The van der Waals surface area contributed by atoms with Gasteiger partial charge in [-0.3, -0.25) is 0 Å². The highest BCUT2D eigenvalue weighted by Gasteiger charge is 2.22. The number of hydrogen-bond acceptors (Lipinski definition) is 4. The quantitative estimate of drug-likeness (QED) is 0.228. The molecule has 0 amide bonds. The minimum Gasteiger partial charge on any atom is -0.485 e. The Labute approximate surface area is 207 Å². The Morgan fingerprint density at radius 3 is 1.71 bits per heavy atom. The van der Waals surface area contributed by atoms with E-state index >= 15 is 0 Å². The molecule has 4 aromatic carbocycles. The molecule has 35 heavy (non-hydrogen) atoms. The first-order valence-electron chi connectivity index (χ1n) is 11.8. The third-order valence-electron chi connectivity index (χ3n) is 5.62. The van der Waals surface area contributed by atoms with Crippen LogP contribution in [0.2, 0.25) is 0 Å². The standard InChI is InChI=1S/C31H30O4/c1-23(2)30(26-16-10-5-11-17-26)35-31(32)27-18-19-28(33-21-24-12-6-3-7-13-24)29(20-27)34-22-25-14-8-4-9-15-25/h3-20,23,30H,21-22H2,1-2H3/t30-/m1/s1. The lowest BCUT2D eigenvalue weighted by atomic mass is 9.99. The van der Waals surface area contributed by atoms with Crippen LogP contribution in [0.4, 0.5) is 0 Å². The molecule has 0 unspecified atom stereocenters. The van der Waals surface area contributed by atoms with Crippen molar-refractivity contribution >= 4 is 5.97 Å². The van der Waals surface area contributed by atoms with E-state index in [2.05, 4.69) is 0 Å². The monoisotopic (exact) mass is 466 g/mol. The summed E-state index contributed by atoms with van der Waals surface area (Å²) in [5, 5.41) is 0. The van der Waals surface area contributed by atoms with Crippen LogP contribution >= 0.6 is 0 Å². The lowest BCUT2D eigenvalue weighted by Gasteiger charge is -2.22. The van der Waals surface area contributed by atoms with E-state index in [4.69, 9.17) is 14.2 Å². The zero-order valence-electron chi connectivity index (χ0n) is 20.1. The van der Waals surface area contributed by atoms with Gasteiger partial charge in [0.1, 0.15) is 19.3 Å². The molecule has 0 aliphatic carbocycles. The van der Waals surface area contributed by atoms with E-state index in [1.54, 1.807) is 18.2 Å². The summed E-state index contributed by atoms with van der Waals surface area (Å²) in [4.78, 5) is 13.1. The van der Waals surface area contributed by atoms with Crippen molar-refractivity contribution in [3.05, 3.63) is 131 Å². The van der Waals surface area contributed by atoms with Gasteiger partial charge in [0.15, 0.2) is 11.5 Å². The molecule has 4 rings (SSSR count). The minimum atomic E-state index is -0.397. The summed E-state index contributed by atoms with van der Waals surface area (Å²) in [6, 6.07) is 34.8. The summed E-state index contributed by atoms with van der Waals surface area (Å²) in [5.74, 6) is 0.806. The lowest BCUT2D eigenvalue weighted by Crippen LogP contribution is -2.16. The normalized spacial score (nSPS) is 11.6. The molecule has 0 spiro atoms. The smallest absolute Gasteiger partial charge is 0.338 e. The first-order valence-corrected chi connectivity index (χ1v) is 11.8. The van der Waals surface area contributed by atoms with Crippen molar-refractivity contribution in [2.24, 2.45) is 5.92 Å². The van der Waals surface area contributed by atoms with E-state index in [1.165, 1.54) is 0 Å². The van der Waals surface area contributed by atoms with Crippen molar-refractivity contribution in [1.29, 1.82) is 0 Å². The van der Waals surface area contributed by atoms with Gasteiger partial charge in [-0.1, -0.05) is 105 Å². The summed E-state index contributed by atoms with van der Waals surface area (Å²) in [6.45, 7) is 4.84. The highest BCUT2D eigenvalue weighted by atomic mass is 16.5. The highest BCUT2D eigenvalue weighted by Crippen LogP contribution is 2.32. The van der Waals surface area contributed by atoms with Crippen molar-refractivity contribution < 1.29 is 19.0 Å². The number of hydrogen-bond donors (Lipinski definition) is 0. The summed E-state index contributed by atoms with van der Waals surface area (Å²) in [7, 11) is 0. The number of carbonyl (C=O) groups is 1. The Hall–Kier alpha value is -4.05. The van der Waals surface area contributed by atoms with Gasteiger partial charge in [0.25, 0.3) is 0 Å². The van der Waals surface area contributed by atoms with Crippen molar-refractivity contribution in [1.82, 2.24) is 0 Å². The molecule has 0 aliphatic rings. The van der Waals surface area contributed by atoms with E-state index in [1.807, 2.05) is 105 Å². The molecule has 0 radical (unpaired) electrons. The number of ether oxygens (including phenoxy) is 3. The summed E-state index contributed by atoms with van der Waals surface area (Å²) in [5.41, 5.74) is 3.46. The van der Waals surface area contributed by atoms with E-state index in [-0.39, 0.29) is 12.0 Å². The van der Waals surface area contributed by atoms with E-state index in [9.17, 15) is 4.79 Å². The molecule has 1 atom stereocenters. The molecule has 0 bridgehead atoms. The first kappa shape index (κ1) is 24.1. The molecule has 0 saturated carbocycles. The Bertz CT molecular complexity index is 1200. The number of esters is 1. The third-order valence-corrected chi connectivity index (χ3v) is 5.62. The molecule has 4 aromatic rings. The van der Waals surface area contributed by atoms with Crippen LogP contribution in [0.15, 0.2) is 109 Å². The van der Waals surface area contributed by atoms with Crippen LogP contribution in [0.3, 0.4) is 0 Å². The molecule has 0 fully saturated rings. The van der Waals surface area contributed by atoms with Gasteiger partial charge < -0.3 is 14.2 Å². The molecule has 4 heteroatoms. The maximum absolute atomic E-state index is 13.1. The van der Waals surface area contributed by atoms with Crippen molar-refractivity contribution in [3.63, 3.8) is 0 Å². The Morgan fingerprint density at radius 2 is 1.17 bits per heavy atom. The maximum Gasteiger partial charge on any atom is 0.338 e. The average molecular weight is 467 g/mol. The maximum atomic E-state index is 13.1. The fourth-order valence-electron chi connectivity index (χ4n) is 3.75. The molecule has 0 saturated heterocycles. The molecule has 4 nitrogen and oxygen atoms in total. The lowest BCUT2D eigenvalue weighted by molar-refractivity contribution is 0.0176. The van der Waals surface area contributed by atoms with Crippen LogP contribution < -0.4 is 9.47 Å². The van der Waals surface area contributed by atoms with Gasteiger partial charge in [0.2, 0.25) is 0 Å². The Morgan fingerprint density at radius 1 is 0.657 bits per heavy atom. The largest absolute Gasteiger partial charge is 0.485 e. The van der Waals surface area contributed by atoms with Gasteiger partial charge in [-0.25, -0.2) is 4.79 Å². The van der Waals surface area contributed by atoms with Crippen LogP contribution in [-0.2, 0) is 18.0 Å². The van der Waals surface area contributed by atoms with Crippen LogP contribution in [0, 0.1) is 5.92 Å². The van der Waals surface area contributed by atoms with Gasteiger partial charge in [-0.2, -0.15) is 0 Å². The Kier molecular flexibility index (Phi) is 8.18. The van der Waals surface area contributed by atoms with Gasteiger partial charge in [-0.15, -0.1) is 0 Å². The topological polar surface area (TPSA) is 44.8 Å². The molecule has 0 aliphatic heterocycles. The molecular formula is C31H30O4. The molecule has 0 heterocycles. The SMILES string of the molecule is CC(C)[C@@H](OC(=O)c1ccc(OCc2ccccc2)c(OCc2ccccc2)c1)c1ccccc1.